The Morgan fingerprint density at radius 3 is 2.84 bits per heavy atom. The van der Waals surface area contributed by atoms with Gasteiger partial charge in [-0.05, 0) is 49.8 Å². The molecule has 0 spiro atoms. The quantitative estimate of drug-likeness (QED) is 0.836. The summed E-state index contributed by atoms with van der Waals surface area (Å²) in [6, 6.07) is 5.84. The first-order chi connectivity index (χ1) is 9.13. The minimum absolute atomic E-state index is 0.454. The second-order valence-corrected chi connectivity index (χ2v) is 5.64. The normalized spacial score (nSPS) is 22.8. The van der Waals surface area contributed by atoms with Gasteiger partial charge < -0.3 is 10.3 Å². The molecule has 1 aromatic heterocycles. The monoisotopic (exact) mass is 257 g/mol. The van der Waals surface area contributed by atoms with Gasteiger partial charge in [-0.2, -0.15) is 4.98 Å². The molecule has 1 fully saturated rings. The Kier molecular flexibility index (Phi) is 3.01. The second-order valence-electron chi connectivity index (χ2n) is 5.64. The van der Waals surface area contributed by atoms with Gasteiger partial charge in [-0.1, -0.05) is 18.1 Å². The fraction of sp³-hybridized carbons (Fsp3) is 0.467. The molecule has 0 aliphatic heterocycles. The zero-order valence-electron chi connectivity index (χ0n) is 11.4. The average Bonchev–Trinajstić information content (AvgIpc) is 3.01. The van der Waals surface area contributed by atoms with Crippen LogP contribution in [0.25, 0.3) is 11.5 Å². The van der Waals surface area contributed by atoms with Gasteiger partial charge in [0, 0.05) is 17.2 Å². The summed E-state index contributed by atoms with van der Waals surface area (Å²) >= 11 is 0. The van der Waals surface area contributed by atoms with E-state index >= 15 is 0 Å². The molecule has 2 atom stereocenters. The molecule has 2 unspecified atom stereocenters. The maximum Gasteiger partial charge on any atom is 0.258 e. The highest BCUT2D eigenvalue weighted by Gasteiger charge is 2.27. The van der Waals surface area contributed by atoms with Crippen molar-refractivity contribution in [2.45, 2.75) is 39.0 Å². The third-order valence-corrected chi connectivity index (χ3v) is 4.03. The molecule has 0 saturated heterocycles. The molecule has 1 heterocycles. The Balaban J connectivity index is 1.86. The van der Waals surface area contributed by atoms with E-state index in [9.17, 15) is 0 Å². The Morgan fingerprint density at radius 2 is 2.16 bits per heavy atom. The molecule has 4 heteroatoms. The van der Waals surface area contributed by atoms with E-state index in [2.05, 4.69) is 17.1 Å². The van der Waals surface area contributed by atoms with Crippen molar-refractivity contribution in [3.05, 3.63) is 29.6 Å². The van der Waals surface area contributed by atoms with Gasteiger partial charge in [0.15, 0.2) is 5.82 Å². The minimum Gasteiger partial charge on any atom is -0.398 e. The summed E-state index contributed by atoms with van der Waals surface area (Å²) in [5.41, 5.74) is 8.63. The van der Waals surface area contributed by atoms with Crippen molar-refractivity contribution in [2.75, 3.05) is 5.73 Å². The fourth-order valence-electron chi connectivity index (χ4n) is 2.73. The first-order valence-electron chi connectivity index (χ1n) is 6.83. The van der Waals surface area contributed by atoms with Crippen LogP contribution in [0.4, 0.5) is 5.69 Å². The number of nitrogen functional groups attached to an aromatic ring is 1. The highest BCUT2D eigenvalue weighted by atomic mass is 16.5. The van der Waals surface area contributed by atoms with Gasteiger partial charge in [-0.3, -0.25) is 0 Å². The molecule has 0 bridgehead atoms. The van der Waals surface area contributed by atoms with E-state index in [1.54, 1.807) is 0 Å². The standard InChI is InChI=1S/C15H19N3O/c1-9-3-5-11(7-9)14-17-15(19-18-14)12-6-4-10(2)13(16)8-12/h4,6,8-9,11H,3,5,7,16H2,1-2H3. The smallest absolute Gasteiger partial charge is 0.258 e. The second kappa shape index (κ2) is 4.68. The Labute approximate surface area is 113 Å². The third kappa shape index (κ3) is 2.35. The average molecular weight is 257 g/mol. The Morgan fingerprint density at radius 1 is 1.32 bits per heavy atom. The predicted octanol–water partition coefficient (Wildman–Crippen LogP) is 3.53. The zero-order chi connectivity index (χ0) is 13.4. The summed E-state index contributed by atoms with van der Waals surface area (Å²) in [5.74, 6) is 2.64. The van der Waals surface area contributed by atoms with Crippen molar-refractivity contribution in [1.29, 1.82) is 0 Å². The number of aryl methyl sites for hydroxylation is 1. The van der Waals surface area contributed by atoms with E-state index in [0.717, 1.165) is 41.4 Å². The van der Waals surface area contributed by atoms with Crippen molar-refractivity contribution in [3.8, 4) is 11.5 Å². The molecular weight excluding hydrogens is 238 g/mol. The van der Waals surface area contributed by atoms with Crippen molar-refractivity contribution in [2.24, 2.45) is 5.92 Å². The predicted molar refractivity (Wildman–Crippen MR) is 74.6 cm³/mol. The van der Waals surface area contributed by atoms with Crippen molar-refractivity contribution < 1.29 is 4.52 Å². The molecule has 19 heavy (non-hydrogen) atoms. The molecule has 3 rings (SSSR count). The van der Waals surface area contributed by atoms with E-state index in [1.807, 2.05) is 25.1 Å². The van der Waals surface area contributed by atoms with Crippen LogP contribution in [0.5, 0.6) is 0 Å². The van der Waals surface area contributed by atoms with Crippen LogP contribution in [0.1, 0.15) is 43.5 Å². The summed E-state index contributed by atoms with van der Waals surface area (Å²) in [7, 11) is 0. The molecule has 2 N–H and O–H groups in total. The molecule has 1 saturated carbocycles. The molecule has 4 nitrogen and oxygen atoms in total. The van der Waals surface area contributed by atoms with Gasteiger partial charge in [0.25, 0.3) is 5.89 Å². The van der Waals surface area contributed by atoms with Crippen LogP contribution in [-0.2, 0) is 0 Å². The number of aromatic nitrogens is 2. The number of hydrogen-bond acceptors (Lipinski definition) is 4. The minimum atomic E-state index is 0.454. The van der Waals surface area contributed by atoms with Crippen LogP contribution in [-0.4, -0.2) is 10.1 Å². The molecule has 100 valence electrons. The number of hydrogen-bond donors (Lipinski definition) is 1. The molecule has 1 aliphatic carbocycles. The lowest BCUT2D eigenvalue weighted by atomic mass is 10.1. The van der Waals surface area contributed by atoms with Crippen LogP contribution < -0.4 is 5.73 Å². The summed E-state index contributed by atoms with van der Waals surface area (Å²) in [6.07, 6.45) is 3.58. The van der Waals surface area contributed by atoms with Crippen LogP contribution in [0.3, 0.4) is 0 Å². The highest BCUT2D eigenvalue weighted by Crippen LogP contribution is 2.37. The summed E-state index contributed by atoms with van der Waals surface area (Å²) in [6.45, 7) is 4.26. The first-order valence-corrected chi connectivity index (χ1v) is 6.83. The molecule has 0 radical (unpaired) electrons. The van der Waals surface area contributed by atoms with Crippen molar-refractivity contribution >= 4 is 5.69 Å². The van der Waals surface area contributed by atoms with E-state index < -0.39 is 0 Å². The van der Waals surface area contributed by atoms with Crippen LogP contribution in [0.15, 0.2) is 22.7 Å². The lowest BCUT2D eigenvalue weighted by Crippen LogP contribution is -1.96. The summed E-state index contributed by atoms with van der Waals surface area (Å²) in [5, 5.41) is 4.13. The topological polar surface area (TPSA) is 64.9 Å². The van der Waals surface area contributed by atoms with E-state index in [-0.39, 0.29) is 0 Å². The van der Waals surface area contributed by atoms with Gasteiger partial charge in [-0.25, -0.2) is 0 Å². The largest absolute Gasteiger partial charge is 0.398 e. The maximum absolute atomic E-state index is 5.92. The number of rotatable bonds is 2. The van der Waals surface area contributed by atoms with E-state index in [0.29, 0.717) is 11.8 Å². The lowest BCUT2D eigenvalue weighted by molar-refractivity contribution is 0.414. The molecule has 1 aliphatic rings. The summed E-state index contributed by atoms with van der Waals surface area (Å²) in [4.78, 5) is 4.53. The van der Waals surface area contributed by atoms with E-state index in [4.69, 9.17) is 10.3 Å². The maximum atomic E-state index is 5.92. The summed E-state index contributed by atoms with van der Waals surface area (Å²) < 4.78 is 5.38. The highest BCUT2D eigenvalue weighted by molar-refractivity contribution is 5.62. The molecule has 2 aromatic rings. The van der Waals surface area contributed by atoms with Crippen LogP contribution >= 0.6 is 0 Å². The third-order valence-electron chi connectivity index (χ3n) is 4.03. The Bertz CT molecular complexity index is 591. The van der Waals surface area contributed by atoms with Crippen molar-refractivity contribution in [3.63, 3.8) is 0 Å². The molecule has 0 amide bonds. The van der Waals surface area contributed by atoms with Gasteiger partial charge in [0.1, 0.15) is 0 Å². The van der Waals surface area contributed by atoms with Gasteiger partial charge in [0.2, 0.25) is 0 Å². The first kappa shape index (κ1) is 12.2. The van der Waals surface area contributed by atoms with Crippen molar-refractivity contribution in [1.82, 2.24) is 10.1 Å². The van der Waals surface area contributed by atoms with E-state index in [1.165, 1.54) is 6.42 Å². The van der Waals surface area contributed by atoms with Crippen LogP contribution in [0.2, 0.25) is 0 Å². The Hall–Kier alpha value is -1.84. The van der Waals surface area contributed by atoms with Crippen LogP contribution in [0, 0.1) is 12.8 Å². The zero-order valence-corrected chi connectivity index (χ0v) is 11.4. The van der Waals surface area contributed by atoms with Gasteiger partial charge >= 0.3 is 0 Å². The number of anilines is 1. The van der Waals surface area contributed by atoms with Gasteiger partial charge in [-0.15, -0.1) is 0 Å². The number of nitrogens with two attached hydrogens (primary N) is 1. The number of nitrogens with zero attached hydrogens (tertiary/aromatic N) is 2. The molecular formula is C15H19N3O. The molecule has 1 aromatic carbocycles. The van der Waals surface area contributed by atoms with Gasteiger partial charge in [0.05, 0.1) is 0 Å². The number of benzene rings is 1. The lowest BCUT2D eigenvalue weighted by Gasteiger charge is -2.02. The fourth-order valence-corrected chi connectivity index (χ4v) is 2.73. The SMILES string of the molecule is Cc1ccc(-c2nc(C3CCC(C)C3)no2)cc1N.